The van der Waals surface area contributed by atoms with E-state index in [0.717, 1.165) is 16.8 Å². The molecule has 3 aromatic rings. The van der Waals surface area contributed by atoms with Crippen LogP contribution in [0.2, 0.25) is 10.0 Å². The molecule has 37 heavy (non-hydrogen) atoms. The summed E-state index contributed by atoms with van der Waals surface area (Å²) in [4.78, 5) is 15.0. The van der Waals surface area contributed by atoms with Crippen LogP contribution in [0.5, 0.6) is 11.5 Å². The van der Waals surface area contributed by atoms with Gasteiger partial charge in [0.2, 0.25) is 5.91 Å². The van der Waals surface area contributed by atoms with Crippen LogP contribution in [0.25, 0.3) is 6.08 Å². The van der Waals surface area contributed by atoms with Crippen LogP contribution in [0.3, 0.4) is 0 Å². The average molecular weight is 537 g/mol. The first-order chi connectivity index (χ1) is 17.7. The Labute approximate surface area is 228 Å². The van der Waals surface area contributed by atoms with Gasteiger partial charge in [-0.15, -0.1) is 0 Å². The molecule has 1 atom stereocenters. The first-order valence-electron chi connectivity index (χ1n) is 12.5. The Kier molecular flexibility index (Phi) is 6.86. The van der Waals surface area contributed by atoms with E-state index in [9.17, 15) is 4.79 Å². The SMILES string of the molecule is CCOc1cc(/C=C/C23NC(=O)CCN2c2ccccc2C3(C)C)ccc1OCc1ccc(Cl)cc1Cl. The topological polar surface area (TPSA) is 50.8 Å². The molecule has 2 aliphatic heterocycles. The Hall–Kier alpha value is -3.15. The quantitative estimate of drug-likeness (QED) is 0.353. The Morgan fingerprint density at radius 3 is 2.62 bits per heavy atom. The predicted octanol–water partition coefficient (Wildman–Crippen LogP) is 7.00. The Balaban J connectivity index is 1.44. The largest absolute Gasteiger partial charge is 0.490 e. The molecule has 0 aromatic heterocycles. The molecule has 192 valence electrons. The highest BCUT2D eigenvalue weighted by Crippen LogP contribution is 2.52. The van der Waals surface area contributed by atoms with E-state index in [4.69, 9.17) is 32.7 Å². The molecule has 5 rings (SSSR count). The van der Waals surface area contributed by atoms with Crippen molar-refractivity contribution in [2.75, 3.05) is 18.1 Å². The maximum absolute atomic E-state index is 12.7. The number of carbonyl (C=O) groups excluding carboxylic acids is 1. The molecule has 1 N–H and O–H groups in total. The molecule has 0 spiro atoms. The summed E-state index contributed by atoms with van der Waals surface area (Å²) in [6.07, 6.45) is 4.63. The van der Waals surface area contributed by atoms with Gasteiger partial charge in [0, 0.05) is 39.7 Å². The summed E-state index contributed by atoms with van der Waals surface area (Å²) in [5.41, 5.74) is 3.17. The third-order valence-electron chi connectivity index (χ3n) is 7.32. The summed E-state index contributed by atoms with van der Waals surface area (Å²) in [5, 5.41) is 4.46. The van der Waals surface area contributed by atoms with Crippen LogP contribution in [-0.4, -0.2) is 24.7 Å². The van der Waals surface area contributed by atoms with Gasteiger partial charge < -0.3 is 19.7 Å². The standard InChI is InChI=1S/C30H30Cl2N2O3/c1-4-36-27-17-20(9-12-26(27)37-19-21-10-11-22(31)18-24(21)32)13-15-30-29(2,3)23-7-5-6-8-25(23)34(30)16-14-28(35)33-30/h5-13,15,17-18H,4,14,16,19H2,1-3H3,(H,33,35)/b15-13+. The Morgan fingerprint density at radius 1 is 1.03 bits per heavy atom. The second-order valence-corrected chi connectivity index (χ2v) is 10.7. The van der Waals surface area contributed by atoms with E-state index in [1.807, 2.05) is 31.2 Å². The van der Waals surface area contributed by atoms with E-state index >= 15 is 0 Å². The smallest absolute Gasteiger partial charge is 0.223 e. The minimum Gasteiger partial charge on any atom is -0.490 e. The predicted molar refractivity (Wildman–Crippen MR) is 150 cm³/mol. The number of benzene rings is 3. The van der Waals surface area contributed by atoms with Crippen molar-refractivity contribution in [3.05, 3.63) is 93.5 Å². The first-order valence-corrected chi connectivity index (χ1v) is 13.2. The number of hydrogen-bond donors (Lipinski definition) is 1. The number of nitrogens with one attached hydrogen (secondary N) is 1. The van der Waals surface area contributed by atoms with Gasteiger partial charge in [0.1, 0.15) is 12.3 Å². The van der Waals surface area contributed by atoms with Gasteiger partial charge in [-0.1, -0.05) is 73.5 Å². The van der Waals surface area contributed by atoms with Crippen molar-refractivity contribution in [1.29, 1.82) is 0 Å². The summed E-state index contributed by atoms with van der Waals surface area (Å²) >= 11 is 12.3. The van der Waals surface area contributed by atoms with Gasteiger partial charge in [0.05, 0.1) is 6.61 Å². The Bertz CT molecular complexity index is 1370. The maximum Gasteiger partial charge on any atom is 0.223 e. The molecule has 1 amide bonds. The number of anilines is 1. The molecule has 3 aromatic carbocycles. The van der Waals surface area contributed by atoms with Crippen LogP contribution in [0.15, 0.2) is 66.7 Å². The van der Waals surface area contributed by atoms with Crippen molar-refractivity contribution in [2.24, 2.45) is 0 Å². The van der Waals surface area contributed by atoms with Gasteiger partial charge in [-0.05, 0) is 54.5 Å². The van der Waals surface area contributed by atoms with Gasteiger partial charge in [-0.2, -0.15) is 0 Å². The first kappa shape index (κ1) is 25.5. The molecule has 0 aliphatic carbocycles. The molecular formula is C30H30Cl2N2O3. The second kappa shape index (κ2) is 9.96. The molecule has 0 radical (unpaired) electrons. The fourth-order valence-electron chi connectivity index (χ4n) is 5.35. The monoisotopic (exact) mass is 536 g/mol. The minimum absolute atomic E-state index is 0.0568. The fraction of sp³-hybridized carbons (Fsp3) is 0.300. The molecule has 5 nitrogen and oxygen atoms in total. The lowest BCUT2D eigenvalue weighted by Gasteiger charge is -2.49. The molecule has 7 heteroatoms. The molecule has 1 saturated heterocycles. The Morgan fingerprint density at radius 2 is 1.84 bits per heavy atom. The number of hydrogen-bond acceptors (Lipinski definition) is 4. The third-order valence-corrected chi connectivity index (χ3v) is 7.91. The number of ether oxygens (including phenoxy) is 2. The van der Waals surface area contributed by atoms with Gasteiger partial charge in [-0.3, -0.25) is 4.79 Å². The number of fused-ring (bicyclic) bond motifs is 3. The van der Waals surface area contributed by atoms with E-state index in [2.05, 4.69) is 60.5 Å². The molecule has 1 fully saturated rings. The highest BCUT2D eigenvalue weighted by Gasteiger charge is 2.57. The summed E-state index contributed by atoms with van der Waals surface area (Å²) in [6, 6.07) is 19.6. The van der Waals surface area contributed by atoms with Gasteiger partial charge in [-0.25, -0.2) is 0 Å². The van der Waals surface area contributed by atoms with E-state index in [1.165, 1.54) is 5.56 Å². The second-order valence-electron chi connectivity index (χ2n) is 9.86. The minimum atomic E-state index is -0.668. The van der Waals surface area contributed by atoms with Crippen molar-refractivity contribution in [2.45, 2.75) is 44.9 Å². The van der Waals surface area contributed by atoms with E-state index in [-0.39, 0.29) is 11.3 Å². The van der Waals surface area contributed by atoms with Crippen molar-refractivity contribution >= 4 is 40.9 Å². The molecular weight excluding hydrogens is 507 g/mol. The van der Waals surface area contributed by atoms with Crippen molar-refractivity contribution in [1.82, 2.24) is 5.32 Å². The maximum atomic E-state index is 12.7. The van der Waals surface area contributed by atoms with Crippen LogP contribution < -0.4 is 19.7 Å². The van der Waals surface area contributed by atoms with Gasteiger partial charge in [0.15, 0.2) is 11.5 Å². The summed E-state index contributed by atoms with van der Waals surface area (Å²) < 4.78 is 12.0. The molecule has 2 aliphatic rings. The number of nitrogens with zero attached hydrogens (tertiary/aromatic N) is 1. The van der Waals surface area contributed by atoms with Crippen molar-refractivity contribution in [3.63, 3.8) is 0 Å². The zero-order chi connectivity index (χ0) is 26.2. The third kappa shape index (κ3) is 4.55. The lowest BCUT2D eigenvalue weighted by molar-refractivity contribution is -0.124. The highest BCUT2D eigenvalue weighted by atomic mass is 35.5. The van der Waals surface area contributed by atoms with Gasteiger partial charge in [0.25, 0.3) is 0 Å². The number of rotatable bonds is 7. The lowest BCUT2D eigenvalue weighted by atomic mass is 9.74. The summed E-state index contributed by atoms with van der Waals surface area (Å²) in [5.74, 6) is 1.33. The van der Waals surface area contributed by atoms with Gasteiger partial charge >= 0.3 is 0 Å². The molecule has 0 bridgehead atoms. The molecule has 2 heterocycles. The van der Waals surface area contributed by atoms with E-state index < -0.39 is 5.66 Å². The van der Waals surface area contributed by atoms with E-state index in [0.29, 0.717) is 47.7 Å². The highest BCUT2D eigenvalue weighted by molar-refractivity contribution is 6.35. The number of amides is 1. The fourth-order valence-corrected chi connectivity index (χ4v) is 5.81. The summed E-state index contributed by atoms with van der Waals surface area (Å²) in [6.45, 7) is 7.78. The number of halogens is 2. The normalized spacial score (nSPS) is 19.9. The van der Waals surface area contributed by atoms with E-state index in [1.54, 1.807) is 12.1 Å². The van der Waals surface area contributed by atoms with Crippen molar-refractivity contribution in [3.8, 4) is 11.5 Å². The number of para-hydroxylation sites is 1. The van der Waals surface area contributed by atoms with Crippen LogP contribution >= 0.6 is 23.2 Å². The van der Waals surface area contributed by atoms with Crippen molar-refractivity contribution < 1.29 is 14.3 Å². The average Bonchev–Trinajstić information content (AvgIpc) is 3.06. The van der Waals surface area contributed by atoms with Crippen LogP contribution in [-0.2, 0) is 16.8 Å². The zero-order valence-electron chi connectivity index (χ0n) is 21.2. The summed E-state index contributed by atoms with van der Waals surface area (Å²) in [7, 11) is 0. The molecule has 0 saturated carbocycles. The van der Waals surface area contributed by atoms with Crippen LogP contribution in [0, 0.1) is 0 Å². The lowest BCUT2D eigenvalue weighted by Crippen LogP contribution is -2.68. The zero-order valence-corrected chi connectivity index (χ0v) is 22.7. The molecule has 1 unspecified atom stereocenters. The van der Waals surface area contributed by atoms with Crippen LogP contribution in [0.1, 0.15) is 43.9 Å². The van der Waals surface area contributed by atoms with Crippen LogP contribution in [0.4, 0.5) is 5.69 Å². The number of carbonyl (C=O) groups is 1.